The van der Waals surface area contributed by atoms with Gasteiger partial charge in [-0.1, -0.05) is 40.0 Å². The van der Waals surface area contributed by atoms with Crippen LogP contribution in [0.1, 0.15) is 5.56 Å². The summed E-state index contributed by atoms with van der Waals surface area (Å²) >= 11 is 17.1. The minimum absolute atomic E-state index is 0.352. The highest BCUT2D eigenvalue weighted by Crippen LogP contribution is 2.27. The van der Waals surface area contributed by atoms with Crippen LogP contribution in [-0.2, 0) is 0 Å². The van der Waals surface area contributed by atoms with Crippen LogP contribution in [0.4, 0.5) is 0 Å². The Morgan fingerprint density at radius 1 is 1.17 bits per heavy atom. The van der Waals surface area contributed by atoms with Gasteiger partial charge in [0.1, 0.15) is 0 Å². The molecule has 0 amide bonds. The van der Waals surface area contributed by atoms with E-state index in [-0.39, 0.29) is 0 Å². The minimum Gasteiger partial charge on any atom is -0.411 e. The van der Waals surface area contributed by atoms with Gasteiger partial charge in [-0.05, 0) is 12.1 Å². The van der Waals surface area contributed by atoms with E-state index < -0.39 is 0 Å². The van der Waals surface area contributed by atoms with Gasteiger partial charge in [-0.25, -0.2) is 0 Å². The normalized spacial score (nSPS) is 10.9. The Balaban J connectivity index is 3.28. The van der Waals surface area contributed by atoms with Crippen molar-refractivity contribution in [2.75, 3.05) is 0 Å². The zero-order valence-corrected chi connectivity index (χ0v) is 8.03. The standard InChI is InChI=1S/C7H4Cl3NO/c8-4-1-6(9)5(3-11-12)7(10)2-4/h1-3,12H/b11-3+. The summed E-state index contributed by atoms with van der Waals surface area (Å²) < 4.78 is 0. The van der Waals surface area contributed by atoms with Crippen molar-refractivity contribution in [3.8, 4) is 0 Å². The fourth-order valence-corrected chi connectivity index (χ4v) is 1.65. The monoisotopic (exact) mass is 223 g/mol. The lowest BCUT2D eigenvalue weighted by Crippen LogP contribution is -1.85. The number of halogens is 3. The summed E-state index contributed by atoms with van der Waals surface area (Å²) in [5, 5.41) is 12.2. The Morgan fingerprint density at radius 3 is 2.08 bits per heavy atom. The van der Waals surface area contributed by atoms with Crippen molar-refractivity contribution in [2.24, 2.45) is 5.16 Å². The van der Waals surface area contributed by atoms with Crippen LogP contribution >= 0.6 is 34.8 Å². The van der Waals surface area contributed by atoms with Crippen LogP contribution in [-0.4, -0.2) is 11.4 Å². The first kappa shape index (κ1) is 9.65. The average molecular weight is 224 g/mol. The van der Waals surface area contributed by atoms with Gasteiger partial charge in [-0.15, -0.1) is 0 Å². The van der Waals surface area contributed by atoms with Crippen molar-refractivity contribution in [1.82, 2.24) is 0 Å². The van der Waals surface area contributed by atoms with Crippen molar-refractivity contribution in [2.45, 2.75) is 0 Å². The van der Waals surface area contributed by atoms with Gasteiger partial charge in [0.15, 0.2) is 0 Å². The maximum Gasteiger partial charge on any atom is 0.0763 e. The molecule has 0 aliphatic heterocycles. The van der Waals surface area contributed by atoms with Gasteiger partial charge in [0, 0.05) is 10.6 Å². The topological polar surface area (TPSA) is 32.6 Å². The molecule has 0 aliphatic carbocycles. The fraction of sp³-hybridized carbons (Fsp3) is 0. The highest BCUT2D eigenvalue weighted by atomic mass is 35.5. The summed E-state index contributed by atoms with van der Waals surface area (Å²) in [5.74, 6) is 0. The van der Waals surface area contributed by atoms with E-state index in [9.17, 15) is 0 Å². The van der Waals surface area contributed by atoms with Gasteiger partial charge < -0.3 is 5.21 Å². The Kier molecular flexibility index (Phi) is 3.20. The number of benzene rings is 1. The fourth-order valence-electron chi connectivity index (χ4n) is 0.734. The molecule has 1 rings (SSSR count). The molecule has 0 spiro atoms. The van der Waals surface area contributed by atoms with Crippen LogP contribution in [0.2, 0.25) is 15.1 Å². The Hall–Kier alpha value is -0.440. The molecule has 0 saturated carbocycles. The molecular formula is C7H4Cl3NO. The molecule has 1 aromatic carbocycles. The summed E-state index contributed by atoms with van der Waals surface area (Å²) in [4.78, 5) is 0. The number of nitrogens with zero attached hydrogens (tertiary/aromatic N) is 1. The first-order chi connectivity index (χ1) is 5.65. The second-order valence-electron chi connectivity index (χ2n) is 2.03. The maximum absolute atomic E-state index is 8.26. The van der Waals surface area contributed by atoms with Crippen LogP contribution < -0.4 is 0 Å². The zero-order valence-electron chi connectivity index (χ0n) is 5.76. The molecule has 64 valence electrons. The second kappa shape index (κ2) is 3.99. The van der Waals surface area contributed by atoms with E-state index >= 15 is 0 Å². The lowest BCUT2D eigenvalue weighted by Gasteiger charge is -2.00. The van der Waals surface area contributed by atoms with E-state index in [1.54, 1.807) is 0 Å². The molecule has 1 N–H and O–H groups in total. The van der Waals surface area contributed by atoms with E-state index in [2.05, 4.69) is 5.16 Å². The third-order valence-electron chi connectivity index (χ3n) is 1.23. The Morgan fingerprint density at radius 2 is 1.67 bits per heavy atom. The zero-order chi connectivity index (χ0) is 9.14. The van der Waals surface area contributed by atoms with Crippen LogP contribution in [0.3, 0.4) is 0 Å². The maximum atomic E-state index is 8.26. The lowest BCUT2D eigenvalue weighted by molar-refractivity contribution is 0.322. The summed E-state index contributed by atoms with van der Waals surface area (Å²) in [6.07, 6.45) is 1.15. The van der Waals surface area contributed by atoms with E-state index in [1.165, 1.54) is 12.1 Å². The molecule has 1 aromatic rings. The Bertz CT molecular complexity index is 301. The molecule has 0 unspecified atom stereocenters. The van der Waals surface area contributed by atoms with E-state index in [0.717, 1.165) is 6.21 Å². The van der Waals surface area contributed by atoms with Crippen molar-refractivity contribution in [1.29, 1.82) is 0 Å². The highest BCUT2D eigenvalue weighted by molar-refractivity contribution is 6.41. The van der Waals surface area contributed by atoms with Crippen LogP contribution in [0, 0.1) is 0 Å². The average Bonchev–Trinajstić information content (AvgIpc) is 1.96. The summed E-state index contributed by atoms with van der Waals surface area (Å²) in [7, 11) is 0. The minimum atomic E-state index is 0.352. The van der Waals surface area contributed by atoms with E-state index in [0.29, 0.717) is 20.6 Å². The van der Waals surface area contributed by atoms with E-state index in [1.807, 2.05) is 0 Å². The van der Waals surface area contributed by atoms with E-state index in [4.69, 9.17) is 40.0 Å². The molecule has 0 aliphatic rings. The highest BCUT2D eigenvalue weighted by Gasteiger charge is 2.04. The first-order valence-corrected chi connectivity index (χ1v) is 4.10. The molecule has 0 fully saturated rings. The SMILES string of the molecule is O/N=C/c1c(Cl)cc(Cl)cc1Cl. The first-order valence-electron chi connectivity index (χ1n) is 2.97. The molecule has 0 heterocycles. The lowest BCUT2D eigenvalue weighted by atomic mass is 10.2. The molecular weight excluding hydrogens is 220 g/mol. The predicted molar refractivity (Wildman–Crippen MR) is 50.9 cm³/mol. The van der Waals surface area contributed by atoms with Crippen molar-refractivity contribution < 1.29 is 5.21 Å². The van der Waals surface area contributed by atoms with Gasteiger partial charge in [-0.2, -0.15) is 0 Å². The number of rotatable bonds is 1. The van der Waals surface area contributed by atoms with Crippen molar-refractivity contribution >= 4 is 41.0 Å². The number of hydrogen-bond donors (Lipinski definition) is 1. The summed E-state index contributed by atoms with van der Waals surface area (Å²) in [6.45, 7) is 0. The third kappa shape index (κ3) is 2.03. The van der Waals surface area contributed by atoms with Crippen LogP contribution in [0.25, 0.3) is 0 Å². The summed E-state index contributed by atoms with van der Waals surface area (Å²) in [6, 6.07) is 3.04. The Labute approximate surface area is 84.3 Å². The number of oxime groups is 1. The molecule has 0 saturated heterocycles. The van der Waals surface area contributed by atoms with Crippen LogP contribution in [0.15, 0.2) is 17.3 Å². The van der Waals surface area contributed by atoms with Gasteiger partial charge in [0.25, 0.3) is 0 Å². The molecule has 2 nitrogen and oxygen atoms in total. The largest absolute Gasteiger partial charge is 0.411 e. The van der Waals surface area contributed by atoms with Gasteiger partial charge in [-0.3, -0.25) is 0 Å². The van der Waals surface area contributed by atoms with Gasteiger partial charge in [0.05, 0.1) is 16.3 Å². The molecule has 0 atom stereocenters. The molecule has 12 heavy (non-hydrogen) atoms. The van der Waals surface area contributed by atoms with Crippen molar-refractivity contribution in [3.63, 3.8) is 0 Å². The smallest absolute Gasteiger partial charge is 0.0763 e. The molecule has 0 aromatic heterocycles. The second-order valence-corrected chi connectivity index (χ2v) is 3.28. The predicted octanol–water partition coefficient (Wildman–Crippen LogP) is 3.45. The summed E-state index contributed by atoms with van der Waals surface area (Å²) in [5.41, 5.74) is 0.449. The quantitative estimate of drug-likeness (QED) is 0.442. The van der Waals surface area contributed by atoms with Gasteiger partial charge in [0.2, 0.25) is 0 Å². The molecule has 0 radical (unpaired) electrons. The number of hydrogen-bond acceptors (Lipinski definition) is 2. The molecule has 5 heteroatoms. The third-order valence-corrected chi connectivity index (χ3v) is 2.07. The van der Waals surface area contributed by atoms with Crippen LogP contribution in [0.5, 0.6) is 0 Å². The van der Waals surface area contributed by atoms with Gasteiger partial charge >= 0.3 is 0 Å². The van der Waals surface area contributed by atoms with Crippen molar-refractivity contribution in [3.05, 3.63) is 32.8 Å². The molecule has 0 bridgehead atoms.